The summed E-state index contributed by atoms with van der Waals surface area (Å²) in [6.45, 7) is 3.82. The molecule has 0 saturated carbocycles. The lowest BCUT2D eigenvalue weighted by atomic mass is 10.2. The van der Waals surface area contributed by atoms with Crippen LogP contribution in [0.3, 0.4) is 0 Å². The third-order valence-corrected chi connectivity index (χ3v) is 1.97. The molecule has 1 aliphatic rings. The Kier molecular flexibility index (Phi) is 1.29. The van der Waals surface area contributed by atoms with Gasteiger partial charge < -0.3 is 5.11 Å². The van der Waals surface area contributed by atoms with E-state index < -0.39 is 0 Å². The summed E-state index contributed by atoms with van der Waals surface area (Å²) >= 11 is 0. The lowest BCUT2D eigenvalue weighted by Gasteiger charge is -1.99. The van der Waals surface area contributed by atoms with E-state index in [1.165, 1.54) is 0 Å². The first-order valence-corrected chi connectivity index (χ1v) is 3.60. The topological polar surface area (TPSA) is 33.1 Å². The molecule has 0 fully saturated rings. The summed E-state index contributed by atoms with van der Waals surface area (Å²) in [7, 11) is 0. The van der Waals surface area contributed by atoms with Gasteiger partial charge in [-0.1, -0.05) is 12.6 Å². The Morgan fingerprint density at radius 1 is 1.64 bits per heavy atom. The zero-order valence-corrected chi connectivity index (χ0v) is 6.12. The maximum Gasteiger partial charge on any atom is 0.0851 e. The Bertz CT molecular complexity index is 306. The first-order valence-electron chi connectivity index (χ1n) is 3.60. The number of aromatic nitrogens is 1. The lowest BCUT2D eigenvalue weighted by Crippen LogP contribution is -1.90. The number of hydrogen-bond donors (Lipinski definition) is 1. The van der Waals surface area contributed by atoms with Gasteiger partial charge in [0, 0.05) is 18.2 Å². The Labute approximate surface area is 65.2 Å². The average molecular weight is 147 g/mol. The Morgan fingerprint density at radius 2 is 2.45 bits per heavy atom. The molecule has 0 bridgehead atoms. The molecule has 1 atom stereocenters. The minimum absolute atomic E-state index is 0.383. The van der Waals surface area contributed by atoms with Crippen LogP contribution >= 0.6 is 0 Å². The zero-order valence-electron chi connectivity index (χ0n) is 6.12. The molecular formula is C9H9NO. The van der Waals surface area contributed by atoms with Gasteiger partial charge in [-0.3, -0.25) is 4.98 Å². The van der Waals surface area contributed by atoms with Crippen LogP contribution in [0, 0.1) is 0 Å². The predicted molar refractivity (Wildman–Crippen MR) is 42.8 cm³/mol. The maximum absolute atomic E-state index is 9.45. The van der Waals surface area contributed by atoms with Crippen molar-refractivity contribution < 1.29 is 5.11 Å². The first-order chi connectivity index (χ1) is 5.29. The van der Waals surface area contributed by atoms with E-state index in [1.54, 1.807) is 6.20 Å². The average Bonchev–Trinajstić information content (AvgIpc) is 2.30. The van der Waals surface area contributed by atoms with Crippen molar-refractivity contribution in [1.29, 1.82) is 0 Å². The van der Waals surface area contributed by atoms with Crippen LogP contribution in [0.4, 0.5) is 0 Å². The van der Waals surface area contributed by atoms with E-state index in [4.69, 9.17) is 0 Å². The molecule has 1 aliphatic carbocycles. The number of hydrogen-bond acceptors (Lipinski definition) is 2. The minimum Gasteiger partial charge on any atom is -0.388 e. The van der Waals surface area contributed by atoms with Crippen molar-refractivity contribution in [2.75, 3.05) is 0 Å². The summed E-state index contributed by atoms with van der Waals surface area (Å²) in [5.74, 6) is 0. The van der Waals surface area contributed by atoms with E-state index in [1.807, 2.05) is 12.1 Å². The molecule has 2 rings (SSSR count). The van der Waals surface area contributed by atoms with Crippen LogP contribution in [0.1, 0.15) is 23.8 Å². The van der Waals surface area contributed by atoms with Crippen LogP contribution in [-0.2, 0) is 0 Å². The van der Waals surface area contributed by atoms with Crippen LogP contribution in [-0.4, -0.2) is 10.1 Å². The van der Waals surface area contributed by atoms with Gasteiger partial charge in [-0.05, 0) is 11.6 Å². The number of fused-ring (bicyclic) bond motifs is 1. The Balaban J connectivity index is 2.60. The van der Waals surface area contributed by atoms with Gasteiger partial charge in [0.25, 0.3) is 0 Å². The highest BCUT2D eigenvalue weighted by molar-refractivity contribution is 5.68. The molecule has 1 aromatic rings. The monoisotopic (exact) mass is 147 g/mol. The van der Waals surface area contributed by atoms with Crippen molar-refractivity contribution in [2.24, 2.45) is 0 Å². The number of rotatable bonds is 0. The van der Waals surface area contributed by atoms with Crippen molar-refractivity contribution in [3.8, 4) is 0 Å². The predicted octanol–water partition coefficient (Wildman–Crippen LogP) is 1.53. The van der Waals surface area contributed by atoms with Gasteiger partial charge in [0.05, 0.1) is 11.8 Å². The second-order valence-electron chi connectivity index (χ2n) is 2.76. The van der Waals surface area contributed by atoms with E-state index in [9.17, 15) is 5.11 Å². The van der Waals surface area contributed by atoms with Crippen molar-refractivity contribution in [3.05, 3.63) is 36.2 Å². The van der Waals surface area contributed by atoms with Gasteiger partial charge in [0.1, 0.15) is 0 Å². The molecule has 0 radical (unpaired) electrons. The summed E-state index contributed by atoms with van der Waals surface area (Å²) in [4.78, 5) is 4.13. The van der Waals surface area contributed by atoms with Gasteiger partial charge in [0.15, 0.2) is 0 Å². The molecule has 1 unspecified atom stereocenters. The summed E-state index contributed by atoms with van der Waals surface area (Å²) in [5, 5.41) is 9.45. The van der Waals surface area contributed by atoms with Crippen LogP contribution in [0.15, 0.2) is 24.9 Å². The summed E-state index contributed by atoms with van der Waals surface area (Å²) < 4.78 is 0. The standard InChI is InChI=1S/C9H9NO/c1-6-5-8(11)7-3-2-4-10-9(6)7/h2-4,8,11H,1,5H2. The normalized spacial score (nSPS) is 21.9. The number of pyridine rings is 1. The van der Waals surface area contributed by atoms with Crippen molar-refractivity contribution >= 4 is 5.57 Å². The van der Waals surface area contributed by atoms with E-state index in [2.05, 4.69) is 11.6 Å². The summed E-state index contributed by atoms with van der Waals surface area (Å²) in [5.41, 5.74) is 2.73. The van der Waals surface area contributed by atoms with Crippen molar-refractivity contribution in [3.63, 3.8) is 0 Å². The summed E-state index contributed by atoms with van der Waals surface area (Å²) in [6, 6.07) is 3.73. The highest BCUT2D eigenvalue weighted by Gasteiger charge is 2.23. The fourth-order valence-electron chi connectivity index (χ4n) is 1.42. The third-order valence-electron chi connectivity index (χ3n) is 1.97. The molecule has 0 spiro atoms. The van der Waals surface area contributed by atoms with Crippen LogP contribution in [0.25, 0.3) is 5.57 Å². The van der Waals surface area contributed by atoms with Crippen molar-refractivity contribution in [1.82, 2.24) is 4.98 Å². The van der Waals surface area contributed by atoms with Crippen molar-refractivity contribution in [2.45, 2.75) is 12.5 Å². The smallest absolute Gasteiger partial charge is 0.0851 e. The molecule has 56 valence electrons. The number of nitrogens with zero attached hydrogens (tertiary/aromatic N) is 1. The molecular weight excluding hydrogens is 138 g/mol. The van der Waals surface area contributed by atoms with Gasteiger partial charge in [-0.2, -0.15) is 0 Å². The third kappa shape index (κ3) is 0.870. The molecule has 0 aromatic carbocycles. The summed E-state index contributed by atoms with van der Waals surface area (Å²) in [6.07, 6.45) is 1.97. The lowest BCUT2D eigenvalue weighted by molar-refractivity contribution is 0.190. The van der Waals surface area contributed by atoms with E-state index in [-0.39, 0.29) is 6.10 Å². The molecule has 0 saturated heterocycles. The SMILES string of the molecule is C=C1CC(O)c2cccnc21. The molecule has 2 nitrogen and oxygen atoms in total. The second-order valence-corrected chi connectivity index (χ2v) is 2.76. The largest absolute Gasteiger partial charge is 0.388 e. The second kappa shape index (κ2) is 2.17. The van der Waals surface area contributed by atoms with Crippen LogP contribution < -0.4 is 0 Å². The molecule has 0 amide bonds. The first kappa shape index (κ1) is 6.55. The maximum atomic E-state index is 9.45. The van der Waals surface area contributed by atoms with Gasteiger partial charge in [-0.15, -0.1) is 0 Å². The van der Waals surface area contributed by atoms with E-state index in [0.29, 0.717) is 6.42 Å². The van der Waals surface area contributed by atoms with Crippen LogP contribution in [0.2, 0.25) is 0 Å². The Hall–Kier alpha value is -1.15. The van der Waals surface area contributed by atoms with Crippen LogP contribution in [0.5, 0.6) is 0 Å². The van der Waals surface area contributed by atoms with E-state index >= 15 is 0 Å². The number of aliphatic hydroxyl groups excluding tert-OH is 1. The zero-order chi connectivity index (χ0) is 7.84. The molecule has 11 heavy (non-hydrogen) atoms. The molecule has 2 heteroatoms. The highest BCUT2D eigenvalue weighted by Crippen LogP contribution is 2.36. The van der Waals surface area contributed by atoms with Gasteiger partial charge >= 0.3 is 0 Å². The fourth-order valence-corrected chi connectivity index (χ4v) is 1.42. The van der Waals surface area contributed by atoms with Gasteiger partial charge in [-0.25, -0.2) is 0 Å². The fraction of sp³-hybridized carbons (Fsp3) is 0.222. The number of aliphatic hydroxyl groups is 1. The molecule has 1 N–H and O–H groups in total. The molecule has 1 heterocycles. The minimum atomic E-state index is -0.383. The molecule has 0 aliphatic heterocycles. The van der Waals surface area contributed by atoms with Gasteiger partial charge in [0.2, 0.25) is 0 Å². The Morgan fingerprint density at radius 3 is 3.18 bits per heavy atom. The molecule has 1 aromatic heterocycles. The quantitative estimate of drug-likeness (QED) is 0.603. The van der Waals surface area contributed by atoms with E-state index in [0.717, 1.165) is 16.8 Å². The highest BCUT2D eigenvalue weighted by atomic mass is 16.3.